The van der Waals surface area contributed by atoms with Crippen LogP contribution in [0.4, 0.5) is 5.69 Å². The Morgan fingerprint density at radius 3 is 2.14 bits per heavy atom. The summed E-state index contributed by atoms with van der Waals surface area (Å²) in [4.78, 5) is 25.0. The van der Waals surface area contributed by atoms with Gasteiger partial charge < -0.3 is 10.2 Å². The van der Waals surface area contributed by atoms with Crippen LogP contribution in [0.1, 0.15) is 18.1 Å². The Hall–Kier alpha value is -3.22. The molecular formula is C20H22N4O4S. The van der Waals surface area contributed by atoms with Gasteiger partial charge in [-0.1, -0.05) is 12.1 Å². The number of hydrogen-bond acceptors (Lipinski definition) is 5. The molecule has 8 nitrogen and oxygen atoms in total. The number of nitrogens with one attached hydrogen (secondary N) is 1. The van der Waals surface area contributed by atoms with Crippen LogP contribution in [0, 0.1) is 11.3 Å². The quantitative estimate of drug-likeness (QED) is 0.743. The number of likely N-dealkylation sites (N-methyl/N-ethyl adjacent to an activating group) is 2. The molecule has 0 saturated carbocycles. The summed E-state index contributed by atoms with van der Waals surface area (Å²) in [7, 11) is -0.933. The molecule has 9 heteroatoms. The van der Waals surface area contributed by atoms with Gasteiger partial charge in [0.1, 0.15) is 0 Å². The molecule has 2 aromatic carbocycles. The highest BCUT2D eigenvalue weighted by atomic mass is 32.2. The molecule has 0 spiro atoms. The summed E-state index contributed by atoms with van der Waals surface area (Å²) < 4.78 is 26.4. The predicted molar refractivity (Wildman–Crippen MR) is 108 cm³/mol. The van der Waals surface area contributed by atoms with Crippen LogP contribution in [0.5, 0.6) is 0 Å². The first-order chi connectivity index (χ1) is 13.6. The fourth-order valence-corrected chi connectivity index (χ4v) is 3.66. The number of hydrogen-bond donors (Lipinski definition) is 1. The third-order valence-electron chi connectivity index (χ3n) is 4.17. The second-order valence-corrected chi connectivity index (χ2v) is 8.57. The number of anilines is 1. The first kappa shape index (κ1) is 22.1. The van der Waals surface area contributed by atoms with Gasteiger partial charge in [-0.25, -0.2) is 8.42 Å². The SMILES string of the molecule is CC(=O)Nc1ccc(S(=O)(=O)N(C)CC(=O)N(C)Cc2ccc(C#N)cc2)cc1. The summed E-state index contributed by atoms with van der Waals surface area (Å²) in [5.74, 6) is -0.621. The Morgan fingerprint density at radius 2 is 1.62 bits per heavy atom. The maximum atomic E-state index is 12.7. The molecule has 0 aliphatic carbocycles. The van der Waals surface area contributed by atoms with Gasteiger partial charge in [0.15, 0.2) is 0 Å². The van der Waals surface area contributed by atoms with E-state index >= 15 is 0 Å². The maximum absolute atomic E-state index is 12.7. The van der Waals surface area contributed by atoms with Gasteiger partial charge in [-0.3, -0.25) is 9.59 Å². The van der Waals surface area contributed by atoms with Gasteiger partial charge in [-0.05, 0) is 42.0 Å². The van der Waals surface area contributed by atoms with Crippen molar-refractivity contribution in [1.82, 2.24) is 9.21 Å². The number of rotatable bonds is 7. The van der Waals surface area contributed by atoms with E-state index in [1.807, 2.05) is 6.07 Å². The second-order valence-electron chi connectivity index (χ2n) is 6.53. The Morgan fingerprint density at radius 1 is 1.03 bits per heavy atom. The molecule has 0 aromatic heterocycles. The highest BCUT2D eigenvalue weighted by molar-refractivity contribution is 7.89. The van der Waals surface area contributed by atoms with Crippen molar-refractivity contribution in [2.75, 3.05) is 26.0 Å². The average Bonchev–Trinajstić information content (AvgIpc) is 2.68. The smallest absolute Gasteiger partial charge is 0.243 e. The highest BCUT2D eigenvalue weighted by Crippen LogP contribution is 2.18. The highest BCUT2D eigenvalue weighted by Gasteiger charge is 2.24. The molecule has 0 heterocycles. The summed E-state index contributed by atoms with van der Waals surface area (Å²) in [5.41, 5.74) is 1.84. The molecule has 0 aliphatic rings. The number of benzene rings is 2. The minimum absolute atomic E-state index is 0.0247. The zero-order valence-electron chi connectivity index (χ0n) is 16.4. The van der Waals surface area contributed by atoms with E-state index < -0.39 is 10.0 Å². The van der Waals surface area contributed by atoms with Crippen molar-refractivity contribution in [3.05, 3.63) is 59.7 Å². The van der Waals surface area contributed by atoms with E-state index in [1.165, 1.54) is 43.1 Å². The van der Waals surface area contributed by atoms with Crippen molar-refractivity contribution in [2.24, 2.45) is 0 Å². The second kappa shape index (κ2) is 9.32. The molecule has 2 amide bonds. The number of nitrogens with zero attached hydrogens (tertiary/aromatic N) is 3. The Balaban J connectivity index is 2.02. The Bertz CT molecular complexity index is 1030. The Labute approximate surface area is 170 Å². The van der Waals surface area contributed by atoms with Gasteiger partial charge in [-0.2, -0.15) is 9.57 Å². The van der Waals surface area contributed by atoms with Crippen LogP contribution in [0.25, 0.3) is 0 Å². The first-order valence-electron chi connectivity index (χ1n) is 8.70. The molecule has 152 valence electrons. The van der Waals surface area contributed by atoms with Crippen molar-refractivity contribution in [3.63, 3.8) is 0 Å². The van der Waals surface area contributed by atoms with E-state index in [-0.39, 0.29) is 23.3 Å². The van der Waals surface area contributed by atoms with Crippen molar-refractivity contribution < 1.29 is 18.0 Å². The van der Waals surface area contributed by atoms with Crippen molar-refractivity contribution in [3.8, 4) is 6.07 Å². The molecule has 0 aliphatic heterocycles. The lowest BCUT2D eigenvalue weighted by molar-refractivity contribution is -0.130. The van der Waals surface area contributed by atoms with Crippen LogP contribution >= 0.6 is 0 Å². The van der Waals surface area contributed by atoms with Crippen LogP contribution in [-0.4, -0.2) is 50.1 Å². The summed E-state index contributed by atoms with van der Waals surface area (Å²) in [6.07, 6.45) is 0. The molecule has 1 N–H and O–H groups in total. The predicted octanol–water partition coefficient (Wildman–Crippen LogP) is 1.80. The van der Waals surface area contributed by atoms with Crippen molar-refractivity contribution in [1.29, 1.82) is 5.26 Å². The van der Waals surface area contributed by atoms with E-state index in [1.54, 1.807) is 31.3 Å². The van der Waals surface area contributed by atoms with Crippen LogP contribution in [0.3, 0.4) is 0 Å². The van der Waals surface area contributed by atoms with Crippen molar-refractivity contribution in [2.45, 2.75) is 18.4 Å². The molecule has 0 bridgehead atoms. The van der Waals surface area contributed by atoms with E-state index in [0.29, 0.717) is 17.8 Å². The third-order valence-corrected chi connectivity index (χ3v) is 5.99. The van der Waals surface area contributed by atoms with Gasteiger partial charge in [0.2, 0.25) is 21.8 Å². The normalized spacial score (nSPS) is 11.0. The first-order valence-corrected chi connectivity index (χ1v) is 10.1. The zero-order valence-corrected chi connectivity index (χ0v) is 17.2. The molecule has 0 radical (unpaired) electrons. The summed E-state index contributed by atoms with van der Waals surface area (Å²) >= 11 is 0. The van der Waals surface area contributed by atoms with Gasteiger partial charge >= 0.3 is 0 Å². The van der Waals surface area contributed by atoms with Gasteiger partial charge in [0.25, 0.3) is 0 Å². The standard InChI is InChI=1S/C20H22N4O4S/c1-15(25)22-18-8-10-19(11-9-18)29(27,28)24(3)14-20(26)23(2)13-17-6-4-16(12-21)5-7-17/h4-11H,13-14H2,1-3H3,(H,22,25). The van der Waals surface area contributed by atoms with Crippen molar-refractivity contribution >= 4 is 27.5 Å². The van der Waals surface area contributed by atoms with Gasteiger partial charge in [0, 0.05) is 33.3 Å². The van der Waals surface area contributed by atoms with E-state index in [4.69, 9.17) is 5.26 Å². The lowest BCUT2D eigenvalue weighted by atomic mass is 10.1. The number of carbonyl (C=O) groups is 2. The summed E-state index contributed by atoms with van der Waals surface area (Å²) in [6, 6.07) is 14.6. The average molecular weight is 414 g/mol. The van der Waals surface area contributed by atoms with E-state index in [2.05, 4.69) is 5.32 Å². The maximum Gasteiger partial charge on any atom is 0.243 e. The monoisotopic (exact) mass is 414 g/mol. The van der Waals surface area contributed by atoms with Crippen LogP contribution < -0.4 is 5.32 Å². The van der Waals surface area contributed by atoms with Gasteiger partial charge in [-0.15, -0.1) is 0 Å². The lowest BCUT2D eigenvalue weighted by Gasteiger charge is -2.22. The van der Waals surface area contributed by atoms with Crippen LogP contribution in [-0.2, 0) is 26.2 Å². The van der Waals surface area contributed by atoms with Gasteiger partial charge in [0.05, 0.1) is 23.1 Å². The molecular weight excluding hydrogens is 392 g/mol. The number of nitriles is 1. The minimum atomic E-state index is -3.86. The molecule has 0 saturated heterocycles. The third kappa shape index (κ3) is 5.88. The number of amides is 2. The molecule has 2 aromatic rings. The molecule has 29 heavy (non-hydrogen) atoms. The number of carbonyl (C=O) groups excluding carboxylic acids is 2. The molecule has 2 rings (SSSR count). The number of sulfonamides is 1. The molecule has 0 fully saturated rings. The minimum Gasteiger partial charge on any atom is -0.340 e. The molecule has 0 atom stereocenters. The molecule has 0 unspecified atom stereocenters. The van der Waals surface area contributed by atoms with Crippen LogP contribution in [0.15, 0.2) is 53.4 Å². The lowest BCUT2D eigenvalue weighted by Crippen LogP contribution is -2.39. The van der Waals surface area contributed by atoms with E-state index in [9.17, 15) is 18.0 Å². The summed E-state index contributed by atoms with van der Waals surface area (Å²) in [5, 5.41) is 11.4. The van der Waals surface area contributed by atoms with E-state index in [0.717, 1.165) is 9.87 Å². The van der Waals surface area contributed by atoms with Crippen LogP contribution in [0.2, 0.25) is 0 Å². The fourth-order valence-electron chi connectivity index (χ4n) is 2.54. The topological polar surface area (TPSA) is 111 Å². The largest absolute Gasteiger partial charge is 0.340 e. The summed E-state index contributed by atoms with van der Waals surface area (Å²) in [6.45, 7) is 1.34. The zero-order chi connectivity index (χ0) is 21.6. The Kier molecular flexibility index (Phi) is 7.09. The fraction of sp³-hybridized carbons (Fsp3) is 0.250.